The van der Waals surface area contributed by atoms with Crippen LogP contribution in [-0.4, -0.2) is 45.0 Å². The van der Waals surface area contributed by atoms with Gasteiger partial charge in [-0.2, -0.15) is 0 Å². The van der Waals surface area contributed by atoms with Crippen LogP contribution < -0.4 is 10.6 Å². The van der Waals surface area contributed by atoms with E-state index in [9.17, 15) is 8.42 Å². The van der Waals surface area contributed by atoms with E-state index in [1.165, 1.54) is 43.2 Å². The summed E-state index contributed by atoms with van der Waals surface area (Å²) >= 11 is 0. The van der Waals surface area contributed by atoms with Crippen molar-refractivity contribution in [2.45, 2.75) is 56.9 Å². The molecular formula is C21H31N3O2S. The van der Waals surface area contributed by atoms with E-state index in [1.54, 1.807) is 0 Å². The van der Waals surface area contributed by atoms with Gasteiger partial charge in [-0.05, 0) is 49.1 Å². The third-order valence-electron chi connectivity index (χ3n) is 6.30. The summed E-state index contributed by atoms with van der Waals surface area (Å²) in [4.78, 5) is 4.78. The molecule has 1 saturated carbocycles. The molecule has 0 aromatic heterocycles. The molecule has 1 aliphatic heterocycles. The molecule has 2 N–H and O–H groups in total. The monoisotopic (exact) mass is 389 g/mol. The number of aryl methyl sites for hydroxylation is 1. The zero-order valence-electron chi connectivity index (χ0n) is 16.0. The molecular weight excluding hydrogens is 358 g/mol. The zero-order valence-corrected chi connectivity index (χ0v) is 16.8. The molecule has 2 unspecified atom stereocenters. The molecule has 3 aliphatic rings. The van der Waals surface area contributed by atoms with Gasteiger partial charge in [-0.3, -0.25) is 4.99 Å². The highest BCUT2D eigenvalue weighted by Gasteiger charge is 2.28. The number of rotatable bonds is 5. The summed E-state index contributed by atoms with van der Waals surface area (Å²) in [5, 5.41) is 7.16. The van der Waals surface area contributed by atoms with Crippen molar-refractivity contribution in [3.63, 3.8) is 0 Å². The van der Waals surface area contributed by atoms with E-state index in [2.05, 4.69) is 34.9 Å². The number of fused-ring (bicyclic) bond motifs is 1. The summed E-state index contributed by atoms with van der Waals surface area (Å²) in [7, 11) is -2.83. The molecule has 6 heteroatoms. The van der Waals surface area contributed by atoms with E-state index in [-0.39, 0.29) is 5.92 Å². The molecule has 2 fully saturated rings. The van der Waals surface area contributed by atoms with Crippen molar-refractivity contribution in [2.75, 3.05) is 24.6 Å². The number of benzene rings is 1. The van der Waals surface area contributed by atoms with Crippen LogP contribution in [0.4, 0.5) is 0 Å². The fraction of sp³-hybridized carbons (Fsp3) is 0.667. The van der Waals surface area contributed by atoms with Gasteiger partial charge in [0.15, 0.2) is 15.8 Å². The lowest BCUT2D eigenvalue weighted by Crippen LogP contribution is -2.44. The molecule has 0 radical (unpaired) electrons. The van der Waals surface area contributed by atoms with E-state index in [0.717, 1.165) is 25.3 Å². The van der Waals surface area contributed by atoms with Crippen molar-refractivity contribution in [2.24, 2.45) is 10.9 Å². The van der Waals surface area contributed by atoms with E-state index in [0.29, 0.717) is 30.0 Å². The zero-order chi connectivity index (χ0) is 18.7. The Morgan fingerprint density at radius 2 is 1.93 bits per heavy atom. The van der Waals surface area contributed by atoms with Crippen molar-refractivity contribution in [3.05, 3.63) is 35.4 Å². The Morgan fingerprint density at radius 1 is 1.11 bits per heavy atom. The molecule has 27 heavy (non-hydrogen) atoms. The average Bonchev–Trinajstić information content (AvgIpc) is 3.37. The lowest BCUT2D eigenvalue weighted by atomic mass is 10.0. The largest absolute Gasteiger partial charge is 0.356 e. The van der Waals surface area contributed by atoms with Crippen LogP contribution in [0.3, 0.4) is 0 Å². The summed E-state index contributed by atoms with van der Waals surface area (Å²) in [6.07, 6.45) is 8.05. The minimum absolute atomic E-state index is 0.171. The van der Waals surface area contributed by atoms with Crippen LogP contribution in [0.5, 0.6) is 0 Å². The molecule has 2 aliphatic carbocycles. The van der Waals surface area contributed by atoms with Gasteiger partial charge in [0.1, 0.15) is 0 Å². The van der Waals surface area contributed by atoms with Crippen molar-refractivity contribution in [1.82, 2.24) is 10.6 Å². The summed E-state index contributed by atoms with van der Waals surface area (Å²) in [6, 6.07) is 9.24. The molecule has 0 bridgehead atoms. The topological polar surface area (TPSA) is 70.6 Å². The quantitative estimate of drug-likeness (QED) is 0.600. The van der Waals surface area contributed by atoms with Crippen molar-refractivity contribution in [3.8, 4) is 0 Å². The number of nitrogens with zero attached hydrogens (tertiary/aromatic N) is 1. The fourth-order valence-corrected chi connectivity index (χ4v) is 6.58. The van der Waals surface area contributed by atoms with Gasteiger partial charge in [-0.1, -0.05) is 37.1 Å². The highest BCUT2D eigenvalue weighted by Crippen LogP contribution is 2.32. The molecule has 2 atom stereocenters. The van der Waals surface area contributed by atoms with Crippen LogP contribution in [0.2, 0.25) is 0 Å². The number of guanidine groups is 1. The van der Waals surface area contributed by atoms with E-state index in [4.69, 9.17) is 4.99 Å². The van der Waals surface area contributed by atoms with Crippen LogP contribution in [0, 0.1) is 5.92 Å². The smallest absolute Gasteiger partial charge is 0.191 e. The molecule has 4 rings (SSSR count). The first-order valence-electron chi connectivity index (χ1n) is 10.4. The van der Waals surface area contributed by atoms with Gasteiger partial charge in [-0.15, -0.1) is 0 Å². The number of aliphatic imine (C=N–C) groups is 1. The third kappa shape index (κ3) is 4.84. The molecule has 0 amide bonds. The SMILES string of the molecule is O=S1(=O)CCC(CN=C(NCC2CCc3ccccc32)NC2CCCC2)C1. The predicted octanol–water partition coefficient (Wildman–Crippen LogP) is 2.63. The lowest BCUT2D eigenvalue weighted by molar-refractivity contribution is 0.573. The first kappa shape index (κ1) is 18.8. The van der Waals surface area contributed by atoms with Crippen molar-refractivity contribution in [1.29, 1.82) is 0 Å². The van der Waals surface area contributed by atoms with Gasteiger partial charge in [0.05, 0.1) is 11.5 Å². The minimum atomic E-state index is -2.83. The summed E-state index contributed by atoms with van der Waals surface area (Å²) < 4.78 is 23.4. The number of hydrogen-bond donors (Lipinski definition) is 2. The van der Waals surface area contributed by atoms with Gasteiger partial charge in [0.25, 0.3) is 0 Å². The Balaban J connectivity index is 1.38. The fourth-order valence-electron chi connectivity index (χ4n) is 4.73. The molecule has 1 saturated heterocycles. The standard InChI is InChI=1S/C21H31N3O2S/c25-27(26)12-11-16(15-27)13-22-21(24-19-6-2-3-7-19)23-14-18-10-9-17-5-1-4-8-20(17)18/h1,4-5,8,16,18-19H,2-3,6-7,9-15H2,(H2,22,23,24). The van der Waals surface area contributed by atoms with Gasteiger partial charge in [0.2, 0.25) is 0 Å². The maximum absolute atomic E-state index is 11.7. The second-order valence-corrected chi connectivity index (χ2v) is 10.6. The van der Waals surface area contributed by atoms with Gasteiger partial charge >= 0.3 is 0 Å². The Morgan fingerprint density at radius 3 is 2.70 bits per heavy atom. The number of hydrogen-bond acceptors (Lipinski definition) is 3. The Hall–Kier alpha value is -1.56. The van der Waals surface area contributed by atoms with Crippen LogP contribution in [0.1, 0.15) is 55.6 Å². The third-order valence-corrected chi connectivity index (χ3v) is 8.14. The maximum Gasteiger partial charge on any atom is 0.191 e. The Kier molecular flexibility index (Phi) is 5.71. The molecule has 1 aromatic carbocycles. The summed E-state index contributed by atoms with van der Waals surface area (Å²) in [5.74, 6) is 2.19. The molecule has 1 aromatic rings. The second-order valence-electron chi connectivity index (χ2n) is 8.40. The first-order chi connectivity index (χ1) is 13.1. The Bertz CT molecular complexity index is 784. The van der Waals surface area contributed by atoms with E-state index in [1.807, 2.05) is 0 Å². The van der Waals surface area contributed by atoms with Crippen LogP contribution in [0.25, 0.3) is 0 Å². The summed E-state index contributed by atoms with van der Waals surface area (Å²) in [6.45, 7) is 1.49. The van der Waals surface area contributed by atoms with Crippen LogP contribution in [0.15, 0.2) is 29.3 Å². The average molecular weight is 390 g/mol. The lowest BCUT2D eigenvalue weighted by Gasteiger charge is -2.20. The van der Waals surface area contributed by atoms with E-state index >= 15 is 0 Å². The number of nitrogens with one attached hydrogen (secondary N) is 2. The maximum atomic E-state index is 11.7. The number of sulfone groups is 1. The highest BCUT2D eigenvalue weighted by atomic mass is 32.2. The van der Waals surface area contributed by atoms with Gasteiger partial charge in [-0.25, -0.2) is 8.42 Å². The predicted molar refractivity (Wildman–Crippen MR) is 110 cm³/mol. The van der Waals surface area contributed by atoms with Gasteiger partial charge in [0, 0.05) is 25.0 Å². The van der Waals surface area contributed by atoms with Crippen LogP contribution >= 0.6 is 0 Å². The van der Waals surface area contributed by atoms with E-state index < -0.39 is 9.84 Å². The molecule has 148 valence electrons. The van der Waals surface area contributed by atoms with Crippen molar-refractivity contribution >= 4 is 15.8 Å². The second kappa shape index (κ2) is 8.21. The molecule has 0 spiro atoms. The normalized spacial score (nSPS) is 27.6. The molecule has 5 nitrogen and oxygen atoms in total. The Labute approximate surface area is 163 Å². The van der Waals surface area contributed by atoms with Crippen molar-refractivity contribution < 1.29 is 8.42 Å². The van der Waals surface area contributed by atoms with Crippen LogP contribution in [-0.2, 0) is 16.3 Å². The van der Waals surface area contributed by atoms with Gasteiger partial charge < -0.3 is 10.6 Å². The highest BCUT2D eigenvalue weighted by molar-refractivity contribution is 7.91. The summed E-state index contributed by atoms with van der Waals surface area (Å²) in [5.41, 5.74) is 2.94. The first-order valence-corrected chi connectivity index (χ1v) is 12.2. The molecule has 1 heterocycles. The minimum Gasteiger partial charge on any atom is -0.356 e.